The first-order chi connectivity index (χ1) is 13.4. The number of halogens is 3. The van der Waals surface area contributed by atoms with E-state index in [9.17, 15) is 32.3 Å². The molecule has 0 atom stereocenters. The number of amides is 5. The molecule has 1 fully saturated rings. The van der Waals surface area contributed by atoms with Gasteiger partial charge in [-0.1, -0.05) is 12.1 Å². The number of alkyl halides is 3. The van der Waals surface area contributed by atoms with Gasteiger partial charge >= 0.3 is 12.2 Å². The van der Waals surface area contributed by atoms with Gasteiger partial charge in [0.2, 0.25) is 5.91 Å². The van der Waals surface area contributed by atoms with Crippen LogP contribution in [0, 0.1) is 0 Å². The number of carbonyl (C=O) groups excluding carboxylic acids is 4. The Morgan fingerprint density at radius 3 is 2.28 bits per heavy atom. The topological polar surface area (TPSA) is 108 Å². The summed E-state index contributed by atoms with van der Waals surface area (Å²) in [4.78, 5) is 48.0. The predicted molar refractivity (Wildman–Crippen MR) is 95.7 cm³/mol. The molecule has 5 amide bonds. The molecule has 29 heavy (non-hydrogen) atoms. The first-order valence-electron chi connectivity index (χ1n) is 8.48. The maximum atomic E-state index is 12.5. The summed E-state index contributed by atoms with van der Waals surface area (Å²) in [5.41, 5.74) is 2.73. The van der Waals surface area contributed by atoms with Crippen molar-refractivity contribution in [2.45, 2.75) is 32.0 Å². The fourth-order valence-corrected chi connectivity index (χ4v) is 2.42. The summed E-state index contributed by atoms with van der Waals surface area (Å²) in [5, 5.41) is 2.48. The largest absolute Gasteiger partial charge is 0.416 e. The number of hydrogen-bond acceptors (Lipinski definition) is 4. The Hall–Kier alpha value is -3.37. The molecule has 1 aromatic carbocycles. The van der Waals surface area contributed by atoms with Gasteiger partial charge in [-0.3, -0.25) is 30.1 Å². The number of carbonyl (C=O) groups is 4. The van der Waals surface area contributed by atoms with Crippen LogP contribution in [0.3, 0.4) is 0 Å². The highest BCUT2D eigenvalue weighted by Crippen LogP contribution is 2.29. The monoisotopic (exact) mass is 412 g/mol. The van der Waals surface area contributed by atoms with Crippen molar-refractivity contribution in [3.63, 3.8) is 0 Å². The van der Waals surface area contributed by atoms with Gasteiger partial charge in [-0.2, -0.15) is 13.2 Å². The molecule has 2 rings (SSSR count). The summed E-state index contributed by atoms with van der Waals surface area (Å²) in [6.07, 6.45) is -2.36. The van der Waals surface area contributed by atoms with Crippen molar-refractivity contribution < 1.29 is 32.3 Å². The summed E-state index contributed by atoms with van der Waals surface area (Å²) in [5.74, 6) is -1.81. The van der Waals surface area contributed by atoms with Crippen molar-refractivity contribution in [1.82, 2.24) is 21.1 Å². The first-order valence-corrected chi connectivity index (χ1v) is 8.48. The lowest BCUT2D eigenvalue weighted by atomic mass is 10.1. The molecule has 3 N–H and O–H groups in total. The van der Waals surface area contributed by atoms with Crippen molar-refractivity contribution in [3.05, 3.63) is 41.5 Å². The van der Waals surface area contributed by atoms with Crippen LogP contribution in [-0.4, -0.2) is 40.7 Å². The molecular weight excluding hydrogens is 393 g/mol. The Morgan fingerprint density at radius 1 is 1.14 bits per heavy atom. The summed E-state index contributed by atoms with van der Waals surface area (Å²) >= 11 is 0. The van der Waals surface area contributed by atoms with Gasteiger partial charge in [0.25, 0.3) is 11.8 Å². The van der Waals surface area contributed by atoms with E-state index in [2.05, 4.69) is 16.2 Å². The average molecular weight is 412 g/mol. The molecule has 0 radical (unpaired) electrons. The molecule has 11 heteroatoms. The summed E-state index contributed by atoms with van der Waals surface area (Å²) in [6, 6.07) is 3.57. The minimum atomic E-state index is -4.44. The van der Waals surface area contributed by atoms with Gasteiger partial charge in [-0.15, -0.1) is 0 Å². The zero-order chi connectivity index (χ0) is 21.8. The maximum Gasteiger partial charge on any atom is 0.416 e. The molecule has 8 nitrogen and oxygen atoms in total. The molecule has 0 aromatic heterocycles. The molecule has 156 valence electrons. The molecule has 1 aliphatic heterocycles. The van der Waals surface area contributed by atoms with E-state index in [1.807, 2.05) is 0 Å². The van der Waals surface area contributed by atoms with E-state index in [-0.39, 0.29) is 13.0 Å². The van der Waals surface area contributed by atoms with Crippen LogP contribution in [0.15, 0.2) is 30.3 Å². The van der Waals surface area contributed by atoms with Gasteiger partial charge < -0.3 is 5.32 Å². The van der Waals surface area contributed by atoms with Crippen LogP contribution in [0.2, 0.25) is 0 Å². The Morgan fingerprint density at radius 2 is 1.76 bits per heavy atom. The van der Waals surface area contributed by atoms with Crippen molar-refractivity contribution in [2.75, 3.05) is 6.54 Å². The highest BCUT2D eigenvalue weighted by molar-refractivity contribution is 6.06. The first kappa shape index (κ1) is 21.9. The second-order valence-corrected chi connectivity index (χ2v) is 6.75. The molecule has 1 heterocycles. The molecule has 1 saturated heterocycles. The Labute approximate surface area is 164 Å². The Balaban J connectivity index is 1.77. The van der Waals surface area contributed by atoms with Crippen LogP contribution in [0.5, 0.6) is 0 Å². The molecule has 1 aromatic rings. The SMILES string of the molecule is CC1(C)NC(=O)N(CCC(=O)NNC(=O)/C=C/c2ccc(C(F)(F)F)cc2)C1=O. The van der Waals surface area contributed by atoms with Gasteiger partial charge in [-0.05, 0) is 37.6 Å². The Bertz CT molecular complexity index is 848. The molecule has 0 aliphatic carbocycles. The zero-order valence-electron chi connectivity index (χ0n) is 15.6. The third kappa shape index (κ3) is 5.80. The molecule has 0 spiro atoms. The fraction of sp³-hybridized carbons (Fsp3) is 0.333. The number of hydrogen-bond donors (Lipinski definition) is 3. The third-order valence-corrected chi connectivity index (χ3v) is 4.00. The van der Waals surface area contributed by atoms with Gasteiger partial charge in [0.15, 0.2) is 0 Å². The van der Waals surface area contributed by atoms with Gasteiger partial charge in [0, 0.05) is 19.0 Å². The highest BCUT2D eigenvalue weighted by Gasteiger charge is 2.44. The van der Waals surface area contributed by atoms with Crippen molar-refractivity contribution in [2.24, 2.45) is 0 Å². The fourth-order valence-electron chi connectivity index (χ4n) is 2.42. The van der Waals surface area contributed by atoms with Gasteiger partial charge in [0.05, 0.1) is 5.56 Å². The van der Waals surface area contributed by atoms with E-state index in [1.165, 1.54) is 32.1 Å². The van der Waals surface area contributed by atoms with Crippen LogP contribution in [0.1, 0.15) is 31.4 Å². The van der Waals surface area contributed by atoms with E-state index in [4.69, 9.17) is 0 Å². The number of hydrazine groups is 1. The predicted octanol–water partition coefficient (Wildman–Crippen LogP) is 1.59. The maximum absolute atomic E-state index is 12.5. The van der Waals surface area contributed by atoms with E-state index < -0.39 is 41.0 Å². The van der Waals surface area contributed by atoms with Crippen molar-refractivity contribution in [1.29, 1.82) is 0 Å². The molecule has 0 unspecified atom stereocenters. The minimum Gasteiger partial charge on any atom is -0.324 e. The summed E-state index contributed by atoms with van der Waals surface area (Å²) in [7, 11) is 0. The average Bonchev–Trinajstić information content (AvgIpc) is 2.83. The highest BCUT2D eigenvalue weighted by atomic mass is 19.4. The van der Waals surface area contributed by atoms with Crippen molar-refractivity contribution >= 4 is 29.8 Å². The molecule has 1 aliphatic rings. The van der Waals surface area contributed by atoms with Crippen LogP contribution < -0.4 is 16.2 Å². The van der Waals surface area contributed by atoms with Crippen LogP contribution in [-0.2, 0) is 20.6 Å². The van der Waals surface area contributed by atoms with Gasteiger partial charge in [-0.25, -0.2) is 4.79 Å². The number of benzene rings is 1. The molecule has 0 saturated carbocycles. The normalized spacial score (nSPS) is 16.1. The smallest absolute Gasteiger partial charge is 0.324 e. The summed E-state index contributed by atoms with van der Waals surface area (Å²) < 4.78 is 37.5. The van der Waals surface area contributed by atoms with Crippen LogP contribution in [0.25, 0.3) is 6.08 Å². The number of urea groups is 1. The lowest BCUT2D eigenvalue weighted by Gasteiger charge is -2.15. The quantitative estimate of drug-likeness (QED) is 0.388. The zero-order valence-corrected chi connectivity index (χ0v) is 15.6. The molecule has 0 bridgehead atoms. The lowest BCUT2D eigenvalue weighted by Crippen LogP contribution is -2.43. The van der Waals surface area contributed by atoms with Gasteiger partial charge in [0.1, 0.15) is 5.54 Å². The third-order valence-electron chi connectivity index (χ3n) is 4.00. The number of nitrogens with one attached hydrogen (secondary N) is 3. The van der Waals surface area contributed by atoms with E-state index >= 15 is 0 Å². The lowest BCUT2D eigenvalue weighted by molar-refractivity contribution is -0.137. The van der Waals surface area contributed by atoms with E-state index in [0.29, 0.717) is 5.56 Å². The Kier molecular flexibility index (Phi) is 6.30. The van der Waals surface area contributed by atoms with Crippen LogP contribution >= 0.6 is 0 Å². The number of imide groups is 1. The number of nitrogens with zero attached hydrogens (tertiary/aromatic N) is 1. The van der Waals surface area contributed by atoms with E-state index in [0.717, 1.165) is 23.1 Å². The second kappa shape index (κ2) is 8.33. The number of rotatable bonds is 5. The van der Waals surface area contributed by atoms with E-state index in [1.54, 1.807) is 0 Å². The summed E-state index contributed by atoms with van der Waals surface area (Å²) in [6.45, 7) is 2.92. The van der Waals surface area contributed by atoms with Crippen LogP contribution in [0.4, 0.5) is 18.0 Å². The van der Waals surface area contributed by atoms with Crippen molar-refractivity contribution in [3.8, 4) is 0 Å². The standard InChI is InChI=1S/C18H19F3N4O4/c1-17(2)15(28)25(16(29)22-17)10-9-14(27)24-23-13(26)8-5-11-3-6-12(7-4-11)18(19,20)21/h3-8H,9-10H2,1-2H3,(H,22,29)(H,23,26)(H,24,27)/b8-5+. The second-order valence-electron chi connectivity index (χ2n) is 6.75. The minimum absolute atomic E-state index is 0.156. The molecular formula is C18H19F3N4O4.